The van der Waals surface area contributed by atoms with Crippen molar-refractivity contribution < 1.29 is 0 Å². The van der Waals surface area contributed by atoms with Gasteiger partial charge in [0.25, 0.3) is 0 Å². The quantitative estimate of drug-likeness (QED) is 0.525. The Morgan fingerprint density at radius 1 is 1.08 bits per heavy atom. The first-order chi connectivity index (χ1) is 6.04. The molecule has 0 N–H and O–H groups in total. The second kappa shape index (κ2) is 5.80. The molecule has 13 heavy (non-hydrogen) atoms. The van der Waals surface area contributed by atoms with Crippen molar-refractivity contribution in [1.29, 1.82) is 0 Å². The smallest absolute Gasteiger partial charge is 0.0222 e. The predicted octanol–water partition coefficient (Wildman–Crippen LogP) is 4.50. The molecule has 0 amide bonds. The van der Waals surface area contributed by atoms with Crippen LogP contribution in [-0.4, -0.2) is 0 Å². The first kappa shape index (κ1) is 12.2. The van der Waals surface area contributed by atoms with Crippen LogP contribution < -0.4 is 0 Å². The standard InChI is InChI=1S/C13H22/c1-6-9-13(5,10-7-2)11-8-12(3)4/h6-8H,1-2,9-11H2,3-5H3. The van der Waals surface area contributed by atoms with E-state index in [0.717, 1.165) is 19.3 Å². The minimum Gasteiger partial charge on any atom is -0.103 e. The molecule has 0 heterocycles. The molecular weight excluding hydrogens is 156 g/mol. The Bertz CT molecular complexity index is 182. The van der Waals surface area contributed by atoms with Gasteiger partial charge in [0.2, 0.25) is 0 Å². The summed E-state index contributed by atoms with van der Waals surface area (Å²) in [5, 5.41) is 0. The second-order valence-electron chi connectivity index (χ2n) is 4.28. The van der Waals surface area contributed by atoms with Gasteiger partial charge in [0.15, 0.2) is 0 Å². The van der Waals surface area contributed by atoms with Crippen LogP contribution in [0.25, 0.3) is 0 Å². The van der Waals surface area contributed by atoms with Gasteiger partial charge in [0.1, 0.15) is 0 Å². The highest BCUT2D eigenvalue weighted by Gasteiger charge is 2.19. The summed E-state index contributed by atoms with van der Waals surface area (Å²) in [6, 6.07) is 0. The molecule has 0 rings (SSSR count). The molecule has 0 radical (unpaired) electrons. The SMILES string of the molecule is C=CCC(C)(CC=C)CC=C(C)C. The van der Waals surface area contributed by atoms with Crippen LogP contribution in [0, 0.1) is 5.41 Å². The van der Waals surface area contributed by atoms with E-state index in [4.69, 9.17) is 0 Å². The maximum Gasteiger partial charge on any atom is -0.0222 e. The van der Waals surface area contributed by atoms with Crippen LogP contribution in [0.3, 0.4) is 0 Å². The fourth-order valence-corrected chi connectivity index (χ4v) is 1.40. The fraction of sp³-hybridized carbons (Fsp3) is 0.538. The summed E-state index contributed by atoms with van der Waals surface area (Å²) in [6.07, 6.45) is 9.54. The molecule has 0 aliphatic heterocycles. The van der Waals surface area contributed by atoms with E-state index in [1.165, 1.54) is 5.57 Å². The molecule has 0 saturated carbocycles. The monoisotopic (exact) mass is 178 g/mol. The van der Waals surface area contributed by atoms with Crippen molar-refractivity contribution in [3.63, 3.8) is 0 Å². The highest BCUT2D eigenvalue weighted by Crippen LogP contribution is 2.31. The summed E-state index contributed by atoms with van der Waals surface area (Å²) in [5.41, 5.74) is 1.71. The van der Waals surface area contributed by atoms with Crippen LogP contribution in [-0.2, 0) is 0 Å². The molecule has 0 aliphatic carbocycles. The topological polar surface area (TPSA) is 0 Å². The van der Waals surface area contributed by atoms with E-state index in [2.05, 4.69) is 40.0 Å². The van der Waals surface area contributed by atoms with Crippen LogP contribution in [0.15, 0.2) is 37.0 Å². The molecule has 0 spiro atoms. The van der Waals surface area contributed by atoms with Gasteiger partial charge in [-0.2, -0.15) is 0 Å². The van der Waals surface area contributed by atoms with Gasteiger partial charge in [0.05, 0.1) is 0 Å². The van der Waals surface area contributed by atoms with E-state index >= 15 is 0 Å². The number of rotatable bonds is 6. The lowest BCUT2D eigenvalue weighted by atomic mass is 9.80. The minimum atomic E-state index is 0.320. The third-order valence-electron chi connectivity index (χ3n) is 2.28. The average Bonchev–Trinajstić information content (AvgIpc) is 2.02. The van der Waals surface area contributed by atoms with Crippen LogP contribution in [0.4, 0.5) is 0 Å². The maximum absolute atomic E-state index is 3.80. The Balaban J connectivity index is 4.30. The lowest BCUT2D eigenvalue weighted by Crippen LogP contribution is -2.13. The van der Waals surface area contributed by atoms with Crippen LogP contribution in [0.5, 0.6) is 0 Å². The van der Waals surface area contributed by atoms with E-state index in [0.29, 0.717) is 5.41 Å². The molecule has 0 atom stereocenters. The van der Waals surface area contributed by atoms with Crippen molar-refractivity contribution in [2.24, 2.45) is 5.41 Å². The van der Waals surface area contributed by atoms with Gasteiger partial charge in [-0.1, -0.05) is 30.7 Å². The van der Waals surface area contributed by atoms with E-state index in [9.17, 15) is 0 Å². The number of hydrogen-bond acceptors (Lipinski definition) is 0. The summed E-state index contributed by atoms with van der Waals surface area (Å²) in [7, 11) is 0. The van der Waals surface area contributed by atoms with E-state index in [-0.39, 0.29) is 0 Å². The van der Waals surface area contributed by atoms with E-state index in [1.54, 1.807) is 0 Å². The zero-order valence-electron chi connectivity index (χ0n) is 9.27. The van der Waals surface area contributed by atoms with Crippen molar-refractivity contribution in [2.75, 3.05) is 0 Å². The van der Waals surface area contributed by atoms with Crippen molar-refractivity contribution in [3.05, 3.63) is 37.0 Å². The van der Waals surface area contributed by atoms with Crippen LogP contribution in [0.1, 0.15) is 40.0 Å². The zero-order valence-corrected chi connectivity index (χ0v) is 9.27. The van der Waals surface area contributed by atoms with Crippen molar-refractivity contribution in [2.45, 2.75) is 40.0 Å². The third-order valence-corrected chi connectivity index (χ3v) is 2.28. The lowest BCUT2D eigenvalue weighted by molar-refractivity contribution is 0.337. The Hall–Kier alpha value is -0.780. The predicted molar refractivity (Wildman–Crippen MR) is 61.8 cm³/mol. The summed E-state index contributed by atoms with van der Waals surface area (Å²) in [4.78, 5) is 0. The zero-order chi connectivity index (χ0) is 10.3. The number of hydrogen-bond donors (Lipinski definition) is 0. The first-order valence-corrected chi connectivity index (χ1v) is 4.89. The Morgan fingerprint density at radius 2 is 1.54 bits per heavy atom. The minimum absolute atomic E-state index is 0.320. The molecular formula is C13H22. The molecule has 0 unspecified atom stereocenters. The molecule has 0 aromatic rings. The number of allylic oxidation sites excluding steroid dienone is 4. The Labute approximate surface area is 83.0 Å². The highest BCUT2D eigenvalue weighted by molar-refractivity contribution is 4.99. The van der Waals surface area contributed by atoms with Gasteiger partial charge < -0.3 is 0 Å². The largest absolute Gasteiger partial charge is 0.103 e. The van der Waals surface area contributed by atoms with Gasteiger partial charge >= 0.3 is 0 Å². The van der Waals surface area contributed by atoms with Gasteiger partial charge in [0, 0.05) is 0 Å². The van der Waals surface area contributed by atoms with Gasteiger partial charge in [-0.3, -0.25) is 0 Å². The maximum atomic E-state index is 3.80. The first-order valence-electron chi connectivity index (χ1n) is 4.89. The molecule has 0 aromatic heterocycles. The Morgan fingerprint density at radius 3 is 1.85 bits per heavy atom. The summed E-state index contributed by atoms with van der Waals surface area (Å²) in [5.74, 6) is 0. The summed E-state index contributed by atoms with van der Waals surface area (Å²) >= 11 is 0. The summed E-state index contributed by atoms with van der Waals surface area (Å²) < 4.78 is 0. The summed E-state index contributed by atoms with van der Waals surface area (Å²) in [6.45, 7) is 14.2. The van der Waals surface area contributed by atoms with Crippen molar-refractivity contribution in [3.8, 4) is 0 Å². The van der Waals surface area contributed by atoms with Crippen LogP contribution in [0.2, 0.25) is 0 Å². The molecule has 0 aliphatic rings. The second-order valence-corrected chi connectivity index (χ2v) is 4.28. The molecule has 0 heteroatoms. The van der Waals surface area contributed by atoms with Crippen molar-refractivity contribution in [1.82, 2.24) is 0 Å². The van der Waals surface area contributed by atoms with Gasteiger partial charge in [-0.25, -0.2) is 0 Å². The normalized spacial score (nSPS) is 10.7. The van der Waals surface area contributed by atoms with E-state index < -0.39 is 0 Å². The average molecular weight is 178 g/mol. The van der Waals surface area contributed by atoms with Crippen LogP contribution >= 0.6 is 0 Å². The van der Waals surface area contributed by atoms with Gasteiger partial charge in [-0.05, 0) is 38.5 Å². The molecule has 0 aromatic carbocycles. The molecule has 0 nitrogen and oxygen atoms in total. The van der Waals surface area contributed by atoms with Gasteiger partial charge in [-0.15, -0.1) is 13.2 Å². The third kappa shape index (κ3) is 5.46. The molecule has 0 fully saturated rings. The Kier molecular flexibility index (Phi) is 5.45. The molecule has 0 bridgehead atoms. The fourth-order valence-electron chi connectivity index (χ4n) is 1.40. The highest BCUT2D eigenvalue weighted by atomic mass is 14.2. The van der Waals surface area contributed by atoms with Crippen molar-refractivity contribution >= 4 is 0 Å². The molecule has 74 valence electrons. The lowest BCUT2D eigenvalue weighted by Gasteiger charge is -2.25. The van der Waals surface area contributed by atoms with E-state index in [1.807, 2.05) is 12.2 Å². The molecule has 0 saturated heterocycles.